The van der Waals surface area contributed by atoms with Crippen molar-refractivity contribution in [3.8, 4) is 11.6 Å². The van der Waals surface area contributed by atoms with Crippen LogP contribution in [0.5, 0.6) is 0 Å². The molecule has 0 aliphatic rings. The second-order valence-electron chi connectivity index (χ2n) is 7.50. The van der Waals surface area contributed by atoms with Crippen LogP contribution >= 0.6 is 24.0 Å². The summed E-state index contributed by atoms with van der Waals surface area (Å²) in [5.41, 5.74) is 1.27. The second kappa shape index (κ2) is 11.7. The predicted octanol–water partition coefficient (Wildman–Crippen LogP) is 3.96. The third-order valence-corrected chi connectivity index (χ3v) is 4.58. The third-order valence-electron chi connectivity index (χ3n) is 4.58. The molecule has 0 fully saturated rings. The minimum atomic E-state index is -0.296. The second-order valence-corrected chi connectivity index (χ2v) is 7.50. The first kappa shape index (κ1) is 24.7. The molecule has 3 rings (SSSR count). The van der Waals surface area contributed by atoms with E-state index < -0.39 is 0 Å². The van der Waals surface area contributed by atoms with Crippen molar-refractivity contribution in [1.82, 2.24) is 25.8 Å². The Labute approximate surface area is 199 Å². The lowest BCUT2D eigenvalue weighted by atomic mass is 9.85. The van der Waals surface area contributed by atoms with Gasteiger partial charge in [-0.1, -0.05) is 37.2 Å². The molecule has 31 heavy (non-hydrogen) atoms. The molecule has 2 heterocycles. The lowest BCUT2D eigenvalue weighted by Crippen LogP contribution is -2.39. The largest absolute Gasteiger partial charge is 0.357 e. The molecule has 0 bridgehead atoms. The van der Waals surface area contributed by atoms with E-state index in [1.807, 2.05) is 45.0 Å². The number of halogens is 2. The van der Waals surface area contributed by atoms with Gasteiger partial charge in [0.2, 0.25) is 0 Å². The van der Waals surface area contributed by atoms with Gasteiger partial charge in [0, 0.05) is 31.1 Å². The highest BCUT2D eigenvalue weighted by molar-refractivity contribution is 14.0. The summed E-state index contributed by atoms with van der Waals surface area (Å²) in [5, 5.41) is 10.5. The van der Waals surface area contributed by atoms with Crippen LogP contribution < -0.4 is 10.6 Å². The van der Waals surface area contributed by atoms with Gasteiger partial charge in [0.05, 0.1) is 6.54 Å². The van der Waals surface area contributed by atoms with Crippen LogP contribution in [0.3, 0.4) is 0 Å². The number of guanidine groups is 1. The number of nitrogens with one attached hydrogen (secondary N) is 2. The van der Waals surface area contributed by atoms with E-state index >= 15 is 0 Å². The van der Waals surface area contributed by atoms with Gasteiger partial charge in [0.15, 0.2) is 11.8 Å². The Hall–Kier alpha value is -2.56. The molecule has 0 aliphatic carbocycles. The van der Waals surface area contributed by atoms with Crippen LogP contribution in [0.2, 0.25) is 0 Å². The molecule has 7 nitrogen and oxygen atoms in total. The molecule has 0 aliphatic heterocycles. The van der Waals surface area contributed by atoms with E-state index in [1.165, 1.54) is 6.07 Å². The minimum Gasteiger partial charge on any atom is -0.357 e. The highest BCUT2D eigenvalue weighted by atomic mass is 127. The van der Waals surface area contributed by atoms with E-state index in [0.717, 1.165) is 12.1 Å². The van der Waals surface area contributed by atoms with Gasteiger partial charge in [-0.3, -0.25) is 9.98 Å². The number of nitrogens with zero attached hydrogens (tertiary/aromatic N) is 4. The highest BCUT2D eigenvalue weighted by Gasteiger charge is 2.21. The highest BCUT2D eigenvalue weighted by Crippen LogP contribution is 2.24. The molecule has 0 unspecified atom stereocenters. The van der Waals surface area contributed by atoms with E-state index in [9.17, 15) is 4.39 Å². The van der Waals surface area contributed by atoms with Gasteiger partial charge in [0.25, 0.3) is 5.89 Å². The Kier molecular flexibility index (Phi) is 9.35. The first-order chi connectivity index (χ1) is 14.5. The third kappa shape index (κ3) is 7.27. The summed E-state index contributed by atoms with van der Waals surface area (Å²) < 4.78 is 18.8. The summed E-state index contributed by atoms with van der Waals surface area (Å²) in [5.74, 6) is 1.46. The standard InChI is InChI=1S/C22H27FN6O.HI/c1-4-24-21(27-15-22(2,3)16-8-7-9-17(23)14-16)26-13-11-19-28-20(30-29-19)18-10-5-6-12-25-18;/h5-10,12,14H,4,11,13,15H2,1-3H3,(H2,24,26,27);1H. The van der Waals surface area contributed by atoms with Crippen LogP contribution in [-0.4, -0.2) is 40.7 Å². The number of aromatic nitrogens is 3. The molecule has 2 N–H and O–H groups in total. The first-order valence-electron chi connectivity index (χ1n) is 10.00. The number of pyridine rings is 1. The Morgan fingerprint density at radius 1 is 1.16 bits per heavy atom. The maximum Gasteiger partial charge on any atom is 0.276 e. The van der Waals surface area contributed by atoms with E-state index in [4.69, 9.17) is 4.52 Å². The Bertz CT molecular complexity index is 977. The zero-order valence-corrected chi connectivity index (χ0v) is 20.3. The average molecular weight is 538 g/mol. The van der Waals surface area contributed by atoms with E-state index in [0.29, 0.717) is 42.9 Å². The van der Waals surface area contributed by atoms with E-state index in [1.54, 1.807) is 18.3 Å². The lowest BCUT2D eigenvalue weighted by Gasteiger charge is -2.24. The molecule has 0 amide bonds. The van der Waals surface area contributed by atoms with Crippen LogP contribution in [0, 0.1) is 5.82 Å². The van der Waals surface area contributed by atoms with Gasteiger partial charge < -0.3 is 15.2 Å². The molecule has 0 radical (unpaired) electrons. The average Bonchev–Trinajstić information content (AvgIpc) is 3.22. The molecular formula is C22H28FIN6O. The number of rotatable bonds is 8. The van der Waals surface area contributed by atoms with Crippen molar-refractivity contribution >= 4 is 29.9 Å². The van der Waals surface area contributed by atoms with Crippen molar-refractivity contribution in [3.63, 3.8) is 0 Å². The summed E-state index contributed by atoms with van der Waals surface area (Å²) in [4.78, 5) is 13.3. The fraction of sp³-hybridized carbons (Fsp3) is 0.364. The summed E-state index contributed by atoms with van der Waals surface area (Å²) in [6.45, 7) is 7.94. The van der Waals surface area contributed by atoms with Crippen molar-refractivity contribution in [1.29, 1.82) is 0 Å². The molecule has 166 valence electrons. The predicted molar refractivity (Wildman–Crippen MR) is 130 cm³/mol. The van der Waals surface area contributed by atoms with Crippen molar-refractivity contribution in [2.75, 3.05) is 19.6 Å². The van der Waals surface area contributed by atoms with Gasteiger partial charge in [-0.05, 0) is 36.8 Å². The van der Waals surface area contributed by atoms with Crippen LogP contribution in [0.25, 0.3) is 11.6 Å². The number of aliphatic imine (C=N–C) groups is 1. The van der Waals surface area contributed by atoms with Gasteiger partial charge in [-0.2, -0.15) is 4.98 Å². The smallest absolute Gasteiger partial charge is 0.276 e. The van der Waals surface area contributed by atoms with Gasteiger partial charge in [0.1, 0.15) is 11.5 Å². The summed E-state index contributed by atoms with van der Waals surface area (Å²) in [7, 11) is 0. The number of benzene rings is 1. The first-order valence-corrected chi connectivity index (χ1v) is 10.00. The quantitative estimate of drug-likeness (QED) is 0.257. The molecule has 0 atom stereocenters. The fourth-order valence-corrected chi connectivity index (χ4v) is 2.86. The number of hydrogen-bond acceptors (Lipinski definition) is 5. The molecule has 2 aromatic heterocycles. The topological polar surface area (TPSA) is 88.2 Å². The van der Waals surface area contributed by atoms with Crippen LogP contribution in [0.15, 0.2) is 58.2 Å². The van der Waals surface area contributed by atoms with Crippen molar-refractivity contribution < 1.29 is 8.91 Å². The molecule has 0 saturated heterocycles. The summed E-state index contributed by atoms with van der Waals surface area (Å²) in [6.07, 6.45) is 2.26. The summed E-state index contributed by atoms with van der Waals surface area (Å²) >= 11 is 0. The normalized spacial score (nSPS) is 11.7. The van der Waals surface area contributed by atoms with E-state index in [-0.39, 0.29) is 35.2 Å². The molecular weight excluding hydrogens is 510 g/mol. The van der Waals surface area contributed by atoms with Crippen LogP contribution in [-0.2, 0) is 11.8 Å². The Balaban J connectivity index is 0.00000341. The molecule has 9 heteroatoms. The zero-order chi connectivity index (χ0) is 21.4. The zero-order valence-electron chi connectivity index (χ0n) is 17.9. The van der Waals surface area contributed by atoms with Crippen molar-refractivity contribution in [2.45, 2.75) is 32.6 Å². The maximum atomic E-state index is 13.6. The number of hydrogen-bond donors (Lipinski definition) is 2. The molecule has 1 aromatic carbocycles. The van der Waals surface area contributed by atoms with Gasteiger partial charge >= 0.3 is 0 Å². The fourth-order valence-electron chi connectivity index (χ4n) is 2.86. The molecule has 0 saturated carbocycles. The molecule has 3 aromatic rings. The monoisotopic (exact) mass is 538 g/mol. The SMILES string of the molecule is CCNC(=NCC(C)(C)c1cccc(F)c1)NCCc1noc(-c2ccccn2)n1.I. The Morgan fingerprint density at radius 3 is 2.71 bits per heavy atom. The van der Waals surface area contributed by atoms with Crippen LogP contribution in [0.1, 0.15) is 32.2 Å². The minimum absolute atomic E-state index is 0. The Morgan fingerprint density at radius 2 is 2.00 bits per heavy atom. The van der Waals surface area contributed by atoms with Gasteiger partial charge in [-0.15, -0.1) is 24.0 Å². The lowest BCUT2D eigenvalue weighted by molar-refractivity contribution is 0.421. The van der Waals surface area contributed by atoms with Crippen LogP contribution in [0.4, 0.5) is 4.39 Å². The maximum absolute atomic E-state index is 13.6. The molecule has 0 spiro atoms. The van der Waals surface area contributed by atoms with Crippen molar-refractivity contribution in [3.05, 3.63) is 65.9 Å². The van der Waals surface area contributed by atoms with Crippen molar-refractivity contribution in [2.24, 2.45) is 4.99 Å². The van der Waals surface area contributed by atoms with E-state index in [2.05, 4.69) is 30.8 Å². The summed E-state index contributed by atoms with van der Waals surface area (Å²) in [6, 6.07) is 12.2. The van der Waals surface area contributed by atoms with Gasteiger partial charge in [-0.25, -0.2) is 4.39 Å².